The van der Waals surface area contributed by atoms with Gasteiger partial charge in [0.05, 0.1) is 0 Å². The first-order valence-electron chi connectivity index (χ1n) is 4.03. The van der Waals surface area contributed by atoms with Crippen LogP contribution >= 0.6 is 11.8 Å². The van der Waals surface area contributed by atoms with Crippen LogP contribution < -0.4 is 10.9 Å². The number of nitrogens with one attached hydrogen (secondary N) is 2. The van der Waals surface area contributed by atoms with Crippen molar-refractivity contribution in [2.24, 2.45) is 4.40 Å². The van der Waals surface area contributed by atoms with Gasteiger partial charge in [-0.15, -0.1) is 4.40 Å². The number of hydrogen-bond donors (Lipinski definition) is 2. The minimum atomic E-state index is -3.61. The van der Waals surface area contributed by atoms with Crippen molar-refractivity contribution in [1.29, 1.82) is 0 Å². The van der Waals surface area contributed by atoms with Crippen molar-refractivity contribution < 1.29 is 8.42 Å². The highest BCUT2D eigenvalue weighted by Crippen LogP contribution is 2.31. The molecule has 1 aliphatic heterocycles. The Hall–Kier alpha value is -1.12. The van der Waals surface area contributed by atoms with Gasteiger partial charge >= 0.3 is 0 Å². The molecule has 1 aliphatic rings. The van der Waals surface area contributed by atoms with E-state index in [1.165, 1.54) is 18.0 Å². The number of amidine groups is 1. The maximum absolute atomic E-state index is 11.6. The lowest BCUT2D eigenvalue weighted by Crippen LogP contribution is -2.34. The number of fused-ring (bicyclic) bond motifs is 1. The fourth-order valence-electron chi connectivity index (χ4n) is 1.08. The fourth-order valence-corrected chi connectivity index (χ4v) is 3.49. The summed E-state index contributed by atoms with van der Waals surface area (Å²) in [4.78, 5) is 4.54. The topological polar surface area (TPSA) is 83.5 Å². The van der Waals surface area contributed by atoms with E-state index in [1.54, 1.807) is 19.3 Å². The largest absolute Gasteiger partial charge is 0.300 e. The van der Waals surface area contributed by atoms with Crippen molar-refractivity contribution in [2.45, 2.75) is 9.79 Å². The van der Waals surface area contributed by atoms with E-state index in [9.17, 15) is 8.42 Å². The van der Waals surface area contributed by atoms with Gasteiger partial charge in [-0.05, 0) is 17.8 Å². The third kappa shape index (κ3) is 1.96. The molecule has 0 atom stereocenters. The number of hydrogen-bond acceptors (Lipinski definition) is 6. The summed E-state index contributed by atoms with van der Waals surface area (Å²) in [6.07, 6.45) is 2.85. The number of aromatic nitrogens is 1. The highest BCUT2D eigenvalue weighted by Gasteiger charge is 2.25. The zero-order valence-electron chi connectivity index (χ0n) is 7.76. The lowest BCUT2D eigenvalue weighted by molar-refractivity contribution is 0.594. The monoisotopic (exact) mass is 244 g/mol. The summed E-state index contributed by atoms with van der Waals surface area (Å²) in [6.45, 7) is 0. The second-order valence-electron chi connectivity index (χ2n) is 2.67. The summed E-state index contributed by atoms with van der Waals surface area (Å²) in [5.41, 5.74) is 5.27. The van der Waals surface area contributed by atoms with Crippen molar-refractivity contribution in [1.82, 2.24) is 15.8 Å². The molecule has 0 aromatic carbocycles. The predicted octanol–water partition coefficient (Wildman–Crippen LogP) is -0.0440. The second-order valence-corrected chi connectivity index (χ2v) is 5.27. The summed E-state index contributed by atoms with van der Waals surface area (Å²) in [6, 6.07) is 1.64. The van der Waals surface area contributed by atoms with Crippen LogP contribution in [0.5, 0.6) is 0 Å². The predicted molar refractivity (Wildman–Crippen MR) is 56.9 cm³/mol. The van der Waals surface area contributed by atoms with Gasteiger partial charge in [0.1, 0.15) is 4.90 Å². The normalized spacial score (nSPS) is 17.8. The molecule has 0 amide bonds. The maximum atomic E-state index is 11.6. The minimum absolute atomic E-state index is 0.150. The van der Waals surface area contributed by atoms with Crippen molar-refractivity contribution in [3.05, 3.63) is 18.5 Å². The van der Waals surface area contributed by atoms with Gasteiger partial charge in [0.15, 0.2) is 5.17 Å². The van der Waals surface area contributed by atoms with Crippen molar-refractivity contribution in [3.8, 4) is 0 Å². The molecule has 8 heteroatoms. The van der Waals surface area contributed by atoms with E-state index in [2.05, 4.69) is 20.2 Å². The lowest BCUT2D eigenvalue weighted by atomic mass is 10.5. The van der Waals surface area contributed by atoms with Gasteiger partial charge < -0.3 is 0 Å². The molecule has 2 heterocycles. The van der Waals surface area contributed by atoms with Crippen molar-refractivity contribution in [2.75, 3.05) is 7.05 Å². The van der Waals surface area contributed by atoms with E-state index in [0.717, 1.165) is 0 Å². The number of thioether (sulfide) groups is 1. The average molecular weight is 244 g/mol. The Kier molecular flexibility index (Phi) is 2.63. The van der Waals surface area contributed by atoms with Crippen LogP contribution in [0.2, 0.25) is 0 Å². The van der Waals surface area contributed by atoms with Crippen LogP contribution in [0, 0.1) is 0 Å². The van der Waals surface area contributed by atoms with Gasteiger partial charge in [-0.1, -0.05) is 0 Å². The molecule has 80 valence electrons. The molecule has 0 saturated carbocycles. The molecule has 0 fully saturated rings. The lowest BCUT2D eigenvalue weighted by Gasteiger charge is -2.14. The first kappa shape index (κ1) is 10.4. The van der Waals surface area contributed by atoms with Crippen LogP contribution in [-0.2, 0) is 10.0 Å². The number of nitrogens with zero attached hydrogens (tertiary/aromatic N) is 2. The third-order valence-corrected chi connectivity index (χ3v) is 4.18. The first-order chi connectivity index (χ1) is 7.13. The van der Waals surface area contributed by atoms with E-state index in [4.69, 9.17) is 0 Å². The highest BCUT2D eigenvalue weighted by atomic mass is 32.2. The van der Waals surface area contributed by atoms with Crippen LogP contribution in [0.4, 0.5) is 0 Å². The van der Waals surface area contributed by atoms with Gasteiger partial charge in [0.25, 0.3) is 10.0 Å². The summed E-state index contributed by atoms with van der Waals surface area (Å²) in [5.74, 6) is 0. The Morgan fingerprint density at radius 3 is 3.00 bits per heavy atom. The Balaban J connectivity index is 2.50. The standard InChI is InChI=1S/C7H8N4O2S2/c1-8-10-7-11-15(12,13)6-4-9-3-2-5(6)14-7/h2-4,8H,1H3,(H,10,11). The maximum Gasteiger partial charge on any atom is 0.287 e. The second kappa shape index (κ2) is 3.80. The molecule has 0 aliphatic carbocycles. The van der Waals surface area contributed by atoms with Crippen LogP contribution in [0.15, 0.2) is 32.6 Å². The van der Waals surface area contributed by atoms with Gasteiger partial charge in [-0.2, -0.15) is 8.42 Å². The molecule has 0 radical (unpaired) electrons. The van der Waals surface area contributed by atoms with E-state index in [-0.39, 0.29) is 4.90 Å². The zero-order chi connectivity index (χ0) is 10.9. The van der Waals surface area contributed by atoms with Crippen molar-refractivity contribution >= 4 is 27.0 Å². The highest BCUT2D eigenvalue weighted by molar-refractivity contribution is 8.15. The van der Waals surface area contributed by atoms with E-state index >= 15 is 0 Å². The van der Waals surface area contributed by atoms with Gasteiger partial charge in [0, 0.05) is 24.3 Å². The minimum Gasteiger partial charge on any atom is -0.300 e. The van der Waals surface area contributed by atoms with Gasteiger partial charge in [0.2, 0.25) is 0 Å². The van der Waals surface area contributed by atoms with Crippen molar-refractivity contribution in [3.63, 3.8) is 0 Å². The quantitative estimate of drug-likeness (QED) is 0.674. The number of sulfonamides is 1. The zero-order valence-corrected chi connectivity index (χ0v) is 9.39. The molecule has 2 rings (SSSR count). The molecule has 0 spiro atoms. The fraction of sp³-hybridized carbons (Fsp3) is 0.143. The van der Waals surface area contributed by atoms with Crippen LogP contribution in [0.1, 0.15) is 0 Å². The Morgan fingerprint density at radius 1 is 1.47 bits per heavy atom. The van der Waals surface area contributed by atoms with Crippen LogP contribution in [-0.4, -0.2) is 25.6 Å². The molecule has 1 aromatic heterocycles. The average Bonchev–Trinajstić information content (AvgIpc) is 2.17. The summed E-state index contributed by atoms with van der Waals surface area (Å²) >= 11 is 1.24. The Labute approximate surface area is 91.2 Å². The van der Waals surface area contributed by atoms with E-state index in [1.807, 2.05) is 0 Å². The molecule has 6 nitrogen and oxygen atoms in total. The van der Waals surface area contributed by atoms with Crippen LogP contribution in [0.25, 0.3) is 0 Å². The van der Waals surface area contributed by atoms with Crippen LogP contribution in [0.3, 0.4) is 0 Å². The molecule has 2 N–H and O–H groups in total. The molecule has 0 unspecified atom stereocenters. The molecule has 1 aromatic rings. The SMILES string of the molecule is CNNC1=NS(=O)(=O)c2cnccc2S1. The molecular weight excluding hydrogens is 236 g/mol. The summed E-state index contributed by atoms with van der Waals surface area (Å²) < 4.78 is 26.9. The first-order valence-corrected chi connectivity index (χ1v) is 6.29. The third-order valence-electron chi connectivity index (χ3n) is 1.67. The van der Waals surface area contributed by atoms with E-state index in [0.29, 0.717) is 10.1 Å². The number of hydrazine groups is 1. The Morgan fingerprint density at radius 2 is 2.27 bits per heavy atom. The summed E-state index contributed by atoms with van der Waals surface area (Å²) in [5, 5.41) is 0.302. The summed E-state index contributed by atoms with van der Waals surface area (Å²) in [7, 11) is -1.97. The smallest absolute Gasteiger partial charge is 0.287 e. The molecule has 0 bridgehead atoms. The molecular formula is C7H8N4O2S2. The number of rotatable bonds is 1. The van der Waals surface area contributed by atoms with E-state index < -0.39 is 10.0 Å². The van der Waals surface area contributed by atoms with Gasteiger partial charge in [-0.3, -0.25) is 10.4 Å². The number of pyridine rings is 1. The van der Waals surface area contributed by atoms with Gasteiger partial charge in [-0.25, -0.2) is 5.43 Å². The Bertz CT molecular complexity index is 511. The molecule has 0 saturated heterocycles. The molecule has 15 heavy (non-hydrogen) atoms.